The van der Waals surface area contributed by atoms with Gasteiger partial charge in [-0.05, 0) is 59.5 Å². The first-order valence-corrected chi connectivity index (χ1v) is 16.0. The molecule has 3 aromatic heterocycles. The minimum atomic E-state index is -0.107. The van der Waals surface area contributed by atoms with Gasteiger partial charge in [0.15, 0.2) is 0 Å². The van der Waals surface area contributed by atoms with Crippen LogP contribution in [-0.4, -0.2) is 9.97 Å². The van der Waals surface area contributed by atoms with E-state index in [4.69, 9.17) is 4.42 Å². The Morgan fingerprint density at radius 3 is 2.26 bits per heavy atom. The van der Waals surface area contributed by atoms with Crippen LogP contribution in [0.3, 0.4) is 0 Å². The first-order valence-electron chi connectivity index (χ1n) is 16.0. The summed E-state index contributed by atoms with van der Waals surface area (Å²) in [7, 11) is 0. The summed E-state index contributed by atoms with van der Waals surface area (Å²) in [6.07, 6.45) is 4.87. The van der Waals surface area contributed by atoms with Crippen molar-refractivity contribution in [3.05, 3.63) is 155 Å². The first kappa shape index (κ1) is 34.0. The number of hydrogen-bond donors (Lipinski definition) is 0. The number of nitrogens with zero attached hydrogens (tertiary/aromatic N) is 2. The van der Waals surface area contributed by atoms with Crippen LogP contribution in [0.5, 0.6) is 0 Å². The van der Waals surface area contributed by atoms with Crippen LogP contribution >= 0.6 is 0 Å². The summed E-state index contributed by atoms with van der Waals surface area (Å²) >= 11 is 0. The molecule has 0 aliphatic heterocycles. The molecule has 0 bridgehead atoms. The van der Waals surface area contributed by atoms with Gasteiger partial charge in [-0.1, -0.05) is 112 Å². The number of aryl methyl sites for hydroxylation is 2. The maximum absolute atomic E-state index is 6.34. The average Bonchev–Trinajstić information content (AvgIpc) is 3.45. The topological polar surface area (TPSA) is 38.9 Å². The maximum atomic E-state index is 6.34. The predicted molar refractivity (Wildman–Crippen MR) is 191 cm³/mol. The number of aromatic nitrogens is 2. The van der Waals surface area contributed by atoms with Crippen molar-refractivity contribution in [2.45, 2.75) is 53.4 Å². The molecule has 4 aromatic carbocycles. The zero-order chi connectivity index (χ0) is 32.3. The molecule has 0 aliphatic rings. The molecule has 0 amide bonds. The van der Waals surface area contributed by atoms with Gasteiger partial charge in [0, 0.05) is 43.3 Å². The third-order valence-electron chi connectivity index (χ3n) is 8.66. The largest absolute Gasteiger partial charge is 0.501 e. The molecule has 0 N–H and O–H groups in total. The van der Waals surface area contributed by atoms with Crippen molar-refractivity contribution < 1.29 is 24.5 Å². The number of pyridine rings is 2. The molecule has 4 heteroatoms. The Morgan fingerprint density at radius 2 is 1.55 bits per heavy atom. The van der Waals surface area contributed by atoms with Gasteiger partial charge in [0.05, 0.1) is 5.58 Å². The Morgan fingerprint density at radius 1 is 0.766 bits per heavy atom. The van der Waals surface area contributed by atoms with Crippen molar-refractivity contribution >= 4 is 21.9 Å². The van der Waals surface area contributed by atoms with Gasteiger partial charge in [-0.3, -0.25) is 0 Å². The summed E-state index contributed by atoms with van der Waals surface area (Å²) in [5, 5.41) is 2.22. The van der Waals surface area contributed by atoms with Crippen molar-refractivity contribution in [2.24, 2.45) is 5.92 Å². The summed E-state index contributed by atoms with van der Waals surface area (Å²) in [4.78, 5) is 8.99. The van der Waals surface area contributed by atoms with E-state index in [0.29, 0.717) is 5.92 Å². The predicted octanol–water partition coefficient (Wildman–Crippen LogP) is 11.1. The van der Waals surface area contributed by atoms with Crippen molar-refractivity contribution in [1.82, 2.24) is 9.97 Å². The first-order chi connectivity index (χ1) is 22.2. The van der Waals surface area contributed by atoms with Gasteiger partial charge in [-0.25, -0.2) is 0 Å². The Labute approximate surface area is 292 Å². The van der Waals surface area contributed by atoms with Crippen LogP contribution in [0.4, 0.5) is 0 Å². The summed E-state index contributed by atoms with van der Waals surface area (Å²) in [5.74, 6) is 0.668. The van der Waals surface area contributed by atoms with Gasteiger partial charge < -0.3 is 14.4 Å². The molecule has 0 saturated heterocycles. The summed E-state index contributed by atoms with van der Waals surface area (Å²) in [6.45, 7) is 13.2. The van der Waals surface area contributed by atoms with E-state index in [-0.39, 0.29) is 25.5 Å². The fourth-order valence-electron chi connectivity index (χ4n) is 5.89. The van der Waals surface area contributed by atoms with E-state index in [1.54, 1.807) is 6.20 Å². The smallest absolute Gasteiger partial charge is 0.121 e. The second-order valence-electron chi connectivity index (χ2n) is 13.0. The molecule has 0 unspecified atom stereocenters. The van der Waals surface area contributed by atoms with Crippen LogP contribution in [0.2, 0.25) is 0 Å². The van der Waals surface area contributed by atoms with Gasteiger partial charge in [0.1, 0.15) is 5.58 Å². The Kier molecular flexibility index (Phi) is 10.5. The van der Waals surface area contributed by atoms with E-state index in [9.17, 15) is 0 Å². The molecular weight excluding hydrogens is 753 g/mol. The molecule has 0 aliphatic carbocycles. The van der Waals surface area contributed by atoms with Gasteiger partial charge in [0.25, 0.3) is 0 Å². The minimum absolute atomic E-state index is 0. The number of benzene rings is 4. The van der Waals surface area contributed by atoms with Crippen molar-refractivity contribution in [2.75, 3.05) is 0 Å². The van der Waals surface area contributed by atoms with Crippen LogP contribution in [0, 0.1) is 31.9 Å². The number of hydrogen-bond acceptors (Lipinski definition) is 3. The molecule has 3 nitrogen and oxygen atoms in total. The molecule has 239 valence electrons. The quantitative estimate of drug-likeness (QED) is 0.157. The molecule has 0 fully saturated rings. The molecule has 0 atom stereocenters. The monoisotopic (exact) mass is 793 g/mol. The Hall–Kier alpha value is -4.37. The van der Waals surface area contributed by atoms with E-state index in [2.05, 4.69) is 136 Å². The summed E-state index contributed by atoms with van der Waals surface area (Å²) in [6, 6.07) is 42.0. The number of furan rings is 1. The van der Waals surface area contributed by atoms with Crippen LogP contribution in [0.15, 0.2) is 120 Å². The fourth-order valence-corrected chi connectivity index (χ4v) is 5.89. The SMILES string of the molecule is CC(C)(c1ccccc1)c1ccc2c(c1)oc1c(-c3ccccn3)[c-]ccc12.Cc1c[c-]c(-c2cc(CC(C)C)c(C)cn2)cc1.[Ir]. The van der Waals surface area contributed by atoms with E-state index in [1.165, 1.54) is 27.8 Å². The Balaban J connectivity index is 0.000000199. The standard InChI is InChI=1S/C26H20NO.C17H20N.Ir/c1-26(2,18-9-4-3-5-10-18)19-14-15-20-21-11-8-12-22(23-13-6-7-16-27-23)25(21)28-24(20)17-19;1-12(2)9-16-10-17(18-11-14(16)4)15-7-5-13(3)6-8-15;/h3-11,13-17H,1-2H3;5-7,10-12H,9H2,1-4H3;/q2*-1;. The van der Waals surface area contributed by atoms with Gasteiger partial charge in [-0.2, -0.15) is 0 Å². The molecule has 7 aromatic rings. The minimum Gasteiger partial charge on any atom is -0.501 e. The second kappa shape index (κ2) is 14.6. The molecule has 1 radical (unpaired) electrons. The van der Waals surface area contributed by atoms with E-state index in [1.807, 2.05) is 36.5 Å². The molecule has 3 heterocycles. The Bertz CT molecular complexity index is 2080. The van der Waals surface area contributed by atoms with Gasteiger partial charge in [0.2, 0.25) is 0 Å². The van der Waals surface area contributed by atoms with E-state index in [0.717, 1.165) is 50.9 Å². The van der Waals surface area contributed by atoms with E-state index >= 15 is 0 Å². The second-order valence-corrected chi connectivity index (χ2v) is 13.0. The molecule has 0 saturated carbocycles. The summed E-state index contributed by atoms with van der Waals surface area (Å²) in [5.41, 5.74) is 11.9. The van der Waals surface area contributed by atoms with Crippen molar-refractivity contribution in [3.63, 3.8) is 0 Å². The third kappa shape index (κ3) is 7.46. The zero-order valence-electron chi connectivity index (χ0n) is 27.9. The summed E-state index contributed by atoms with van der Waals surface area (Å²) < 4.78 is 6.34. The fraction of sp³-hybridized carbons (Fsp3) is 0.209. The number of rotatable bonds is 6. The molecule has 7 rings (SSSR count). The molecule has 0 spiro atoms. The average molecular weight is 793 g/mol. The van der Waals surface area contributed by atoms with Crippen LogP contribution in [0.25, 0.3) is 44.5 Å². The van der Waals surface area contributed by atoms with Crippen LogP contribution < -0.4 is 0 Å². The normalized spacial score (nSPS) is 11.3. The molecular formula is C43H40IrN2O-2. The third-order valence-corrected chi connectivity index (χ3v) is 8.66. The maximum Gasteiger partial charge on any atom is 0.121 e. The van der Waals surface area contributed by atoms with Crippen molar-refractivity contribution in [1.29, 1.82) is 0 Å². The van der Waals surface area contributed by atoms with Crippen LogP contribution in [-0.2, 0) is 31.9 Å². The zero-order valence-corrected chi connectivity index (χ0v) is 30.3. The van der Waals surface area contributed by atoms with Gasteiger partial charge in [-0.15, -0.1) is 53.6 Å². The number of fused-ring (bicyclic) bond motifs is 3. The molecule has 47 heavy (non-hydrogen) atoms. The van der Waals surface area contributed by atoms with Gasteiger partial charge >= 0.3 is 0 Å². The van der Waals surface area contributed by atoms with Crippen molar-refractivity contribution in [3.8, 4) is 22.5 Å². The van der Waals surface area contributed by atoms with E-state index < -0.39 is 0 Å². The van der Waals surface area contributed by atoms with Crippen LogP contribution in [0.1, 0.15) is 55.5 Å².